The molecule has 0 radical (unpaired) electrons. The third-order valence-electron chi connectivity index (χ3n) is 7.13. The van der Waals surface area contributed by atoms with Crippen LogP contribution < -0.4 is 10.1 Å². The molecule has 0 saturated heterocycles. The van der Waals surface area contributed by atoms with Gasteiger partial charge in [-0.1, -0.05) is 80.0 Å². The van der Waals surface area contributed by atoms with E-state index in [4.69, 9.17) is 21.1 Å². The molecule has 9 heteroatoms. The number of ether oxygens (including phenoxy) is 2. The van der Waals surface area contributed by atoms with Crippen LogP contribution in [0.4, 0.5) is 18.0 Å². The predicted molar refractivity (Wildman–Crippen MR) is 161 cm³/mol. The zero-order valence-corrected chi connectivity index (χ0v) is 24.7. The molecule has 0 heterocycles. The van der Waals surface area contributed by atoms with E-state index in [2.05, 4.69) is 5.32 Å². The van der Waals surface area contributed by atoms with Gasteiger partial charge in [-0.3, -0.25) is 0 Å². The molecule has 0 aromatic heterocycles. The molecule has 2 unspecified atom stereocenters. The van der Waals surface area contributed by atoms with Crippen molar-refractivity contribution in [2.75, 3.05) is 7.11 Å². The number of hydrogen-bond acceptors (Lipinski definition) is 4. The second-order valence-electron chi connectivity index (χ2n) is 10.5. The maximum Gasteiger partial charge on any atom is 0.416 e. The van der Waals surface area contributed by atoms with Gasteiger partial charge in [0.1, 0.15) is 11.9 Å². The Balaban J connectivity index is 1.81. The van der Waals surface area contributed by atoms with Gasteiger partial charge < -0.3 is 19.9 Å². The maximum absolute atomic E-state index is 14.0. The van der Waals surface area contributed by atoms with E-state index in [1.54, 1.807) is 30.3 Å². The van der Waals surface area contributed by atoms with Crippen LogP contribution in [-0.2, 0) is 17.5 Å². The summed E-state index contributed by atoms with van der Waals surface area (Å²) in [5.74, 6) is 0.570. The van der Waals surface area contributed by atoms with Gasteiger partial charge in [0.25, 0.3) is 0 Å². The van der Waals surface area contributed by atoms with E-state index in [1.807, 2.05) is 56.3 Å². The molecule has 1 amide bonds. The number of alkyl halides is 3. The quantitative estimate of drug-likeness (QED) is 0.188. The number of carbonyl (C=O) groups excluding carboxylic acids is 1. The van der Waals surface area contributed by atoms with Crippen molar-refractivity contribution < 1.29 is 32.5 Å². The van der Waals surface area contributed by atoms with Crippen molar-refractivity contribution in [3.05, 3.63) is 124 Å². The summed E-state index contributed by atoms with van der Waals surface area (Å²) >= 11 is 6.01. The first-order valence-electron chi connectivity index (χ1n) is 13.8. The molecule has 4 aromatic carbocycles. The lowest BCUT2D eigenvalue weighted by atomic mass is 9.88. The number of rotatable bonds is 10. The Morgan fingerprint density at radius 3 is 2.21 bits per heavy atom. The normalized spacial score (nSPS) is 13.0. The van der Waals surface area contributed by atoms with Gasteiger partial charge >= 0.3 is 12.3 Å². The number of methoxy groups -OCH3 is 1. The molecule has 4 rings (SSSR count). The first-order chi connectivity index (χ1) is 20.5. The molecule has 0 bridgehead atoms. The van der Waals surface area contributed by atoms with Crippen molar-refractivity contribution in [2.45, 2.75) is 51.1 Å². The van der Waals surface area contributed by atoms with Crippen LogP contribution in [0, 0.1) is 0 Å². The number of alkyl carbamates (subject to hydrolysis) is 1. The van der Waals surface area contributed by atoms with Crippen molar-refractivity contribution in [3.63, 3.8) is 0 Å². The van der Waals surface area contributed by atoms with Crippen molar-refractivity contribution in [1.82, 2.24) is 5.32 Å². The minimum Gasteiger partial charge on any atom is -0.496 e. The summed E-state index contributed by atoms with van der Waals surface area (Å²) < 4.78 is 53.4. The van der Waals surface area contributed by atoms with Gasteiger partial charge in [-0.2, -0.15) is 13.2 Å². The number of amides is 1. The summed E-state index contributed by atoms with van der Waals surface area (Å²) in [4.78, 5) is 13.1. The van der Waals surface area contributed by atoms with Crippen LogP contribution in [0.1, 0.15) is 66.2 Å². The van der Waals surface area contributed by atoms with Crippen molar-refractivity contribution >= 4 is 17.7 Å². The van der Waals surface area contributed by atoms with Crippen LogP contribution in [0.15, 0.2) is 91.0 Å². The van der Waals surface area contributed by atoms with E-state index < -0.39 is 30.0 Å². The van der Waals surface area contributed by atoms with E-state index in [-0.39, 0.29) is 24.4 Å². The SMILES string of the molecule is COc1ccc(C(C)C)cc1-c1ccc(C(F)(F)F)cc1C(CC(O)c1ccc(Cl)cc1)OC(=O)NCc1ccccc1. The standard InChI is InChI=1S/C34H33ClF3NO4/c1-21(2)24-11-16-31(42-3)28(17-24)27-15-12-25(34(36,37)38)18-29(27)32(19-30(40)23-9-13-26(35)14-10-23)43-33(41)39-20-22-7-5-4-6-8-22/h4-18,21,30,32,40H,19-20H2,1-3H3,(H,39,41). The Morgan fingerprint density at radius 1 is 0.907 bits per heavy atom. The van der Waals surface area contributed by atoms with Crippen LogP contribution in [0.2, 0.25) is 5.02 Å². The van der Waals surface area contributed by atoms with E-state index in [9.17, 15) is 23.1 Å². The summed E-state index contributed by atoms with van der Waals surface area (Å²) in [5.41, 5.74) is 2.32. The van der Waals surface area contributed by atoms with Gasteiger partial charge in [0.2, 0.25) is 0 Å². The minimum absolute atomic E-state index is 0.0805. The molecule has 2 N–H and O–H groups in total. The summed E-state index contributed by atoms with van der Waals surface area (Å²) in [5, 5.41) is 14.3. The molecule has 0 fully saturated rings. The van der Waals surface area contributed by atoms with Crippen molar-refractivity contribution in [2.24, 2.45) is 0 Å². The topological polar surface area (TPSA) is 67.8 Å². The van der Waals surface area contributed by atoms with Crippen LogP contribution in [-0.4, -0.2) is 18.3 Å². The summed E-state index contributed by atoms with van der Waals surface area (Å²) in [6.07, 6.45) is -8.18. The Hall–Kier alpha value is -4.01. The van der Waals surface area contributed by atoms with Gasteiger partial charge in [0.05, 0.1) is 18.8 Å². The first kappa shape index (κ1) is 31.9. The Kier molecular flexibility index (Phi) is 10.4. The molecule has 0 aliphatic heterocycles. The highest BCUT2D eigenvalue weighted by atomic mass is 35.5. The Morgan fingerprint density at radius 2 is 1.58 bits per heavy atom. The fourth-order valence-corrected chi connectivity index (χ4v) is 4.88. The van der Waals surface area contributed by atoms with Crippen LogP contribution in [0.25, 0.3) is 11.1 Å². The number of halogens is 4. The Bertz CT molecular complexity index is 1530. The summed E-state index contributed by atoms with van der Waals surface area (Å²) in [6.45, 7) is 4.15. The molecule has 2 atom stereocenters. The van der Waals surface area contributed by atoms with Crippen LogP contribution in [0.3, 0.4) is 0 Å². The molecule has 0 aliphatic carbocycles. The molecular weight excluding hydrogens is 579 g/mol. The van der Waals surface area contributed by atoms with E-state index in [1.165, 1.54) is 13.2 Å². The average molecular weight is 612 g/mol. The third-order valence-corrected chi connectivity index (χ3v) is 7.38. The zero-order valence-electron chi connectivity index (χ0n) is 24.0. The number of nitrogens with one attached hydrogen (secondary N) is 1. The molecule has 4 aromatic rings. The van der Waals surface area contributed by atoms with Gasteiger partial charge in [-0.15, -0.1) is 0 Å². The lowest BCUT2D eigenvalue weighted by molar-refractivity contribution is -0.137. The largest absolute Gasteiger partial charge is 0.496 e. The van der Waals surface area contributed by atoms with Crippen molar-refractivity contribution in [3.8, 4) is 16.9 Å². The van der Waals surface area contributed by atoms with Gasteiger partial charge in [-0.25, -0.2) is 4.79 Å². The lowest BCUT2D eigenvalue weighted by Gasteiger charge is -2.26. The van der Waals surface area contributed by atoms with E-state index >= 15 is 0 Å². The molecular formula is C34H33ClF3NO4. The van der Waals surface area contributed by atoms with Crippen molar-refractivity contribution in [1.29, 1.82) is 0 Å². The first-order valence-corrected chi connectivity index (χ1v) is 14.2. The average Bonchev–Trinajstić information content (AvgIpc) is 2.99. The lowest BCUT2D eigenvalue weighted by Crippen LogP contribution is -2.26. The molecule has 0 aliphatic rings. The summed E-state index contributed by atoms with van der Waals surface area (Å²) in [6, 6.07) is 24.4. The molecule has 5 nitrogen and oxygen atoms in total. The van der Waals surface area contributed by atoms with Gasteiger partial charge in [-0.05, 0) is 64.6 Å². The fourth-order valence-electron chi connectivity index (χ4n) is 4.75. The van der Waals surface area contributed by atoms with Crippen LogP contribution >= 0.6 is 11.6 Å². The monoisotopic (exact) mass is 611 g/mol. The molecule has 226 valence electrons. The fraction of sp³-hybridized carbons (Fsp3) is 0.265. The maximum atomic E-state index is 14.0. The number of aliphatic hydroxyl groups excluding tert-OH is 1. The number of hydrogen-bond donors (Lipinski definition) is 2. The molecule has 43 heavy (non-hydrogen) atoms. The predicted octanol–water partition coefficient (Wildman–Crippen LogP) is 9.25. The number of aliphatic hydroxyl groups is 1. The number of carbonyl (C=O) groups is 1. The van der Waals surface area contributed by atoms with Gasteiger partial charge in [0.15, 0.2) is 0 Å². The second kappa shape index (κ2) is 14.0. The van der Waals surface area contributed by atoms with Gasteiger partial charge in [0, 0.05) is 29.1 Å². The Labute approximate surface area is 254 Å². The molecule has 0 spiro atoms. The van der Waals surface area contributed by atoms with E-state index in [0.717, 1.165) is 23.3 Å². The third kappa shape index (κ3) is 8.30. The van der Waals surface area contributed by atoms with Crippen LogP contribution in [0.5, 0.6) is 5.75 Å². The highest BCUT2D eigenvalue weighted by molar-refractivity contribution is 6.30. The number of benzene rings is 4. The van der Waals surface area contributed by atoms with E-state index in [0.29, 0.717) is 27.5 Å². The summed E-state index contributed by atoms with van der Waals surface area (Å²) in [7, 11) is 1.48. The highest BCUT2D eigenvalue weighted by Gasteiger charge is 2.34. The highest BCUT2D eigenvalue weighted by Crippen LogP contribution is 2.43. The molecule has 0 saturated carbocycles. The second-order valence-corrected chi connectivity index (χ2v) is 10.9. The smallest absolute Gasteiger partial charge is 0.416 e. The zero-order chi connectivity index (χ0) is 31.1. The minimum atomic E-state index is -4.66.